The Morgan fingerprint density at radius 3 is 2.91 bits per heavy atom. The molecule has 1 aromatic rings. The monoisotopic (exact) mass is 211 g/mol. The zero-order chi connectivity index (χ0) is 8.10. The Labute approximate surface area is 75.0 Å². The molecule has 2 N–H and O–H groups in total. The number of allylic oxidation sites excluding steroid dienone is 1. The van der Waals surface area contributed by atoms with Gasteiger partial charge < -0.3 is 5.73 Å². The molecule has 0 aliphatic rings. The second kappa shape index (κ2) is 4.19. The second-order valence-electron chi connectivity index (χ2n) is 2.23. The van der Waals surface area contributed by atoms with Gasteiger partial charge in [-0.25, -0.2) is 0 Å². The Kier molecular flexibility index (Phi) is 3.17. The molecular formula is C9H10BrN. The number of anilines is 1. The van der Waals surface area contributed by atoms with Crippen LogP contribution in [0.4, 0.5) is 5.69 Å². The van der Waals surface area contributed by atoms with Crippen molar-refractivity contribution in [1.82, 2.24) is 0 Å². The van der Waals surface area contributed by atoms with Crippen LogP contribution in [0.1, 0.15) is 5.56 Å². The number of nitrogens with two attached hydrogens (primary N) is 1. The van der Waals surface area contributed by atoms with Crippen molar-refractivity contribution in [3.63, 3.8) is 0 Å². The summed E-state index contributed by atoms with van der Waals surface area (Å²) in [5.74, 6) is 0. The third-order valence-electron chi connectivity index (χ3n) is 1.31. The maximum atomic E-state index is 5.58. The summed E-state index contributed by atoms with van der Waals surface area (Å²) in [5, 5.41) is 0.877. The molecule has 11 heavy (non-hydrogen) atoms. The average Bonchev–Trinajstić information content (AvgIpc) is 2.01. The van der Waals surface area contributed by atoms with Gasteiger partial charge in [0.15, 0.2) is 0 Å². The molecule has 0 spiro atoms. The Bertz CT molecular complexity index is 255. The lowest BCUT2D eigenvalue weighted by atomic mass is 10.2. The quantitative estimate of drug-likeness (QED) is 0.591. The van der Waals surface area contributed by atoms with Crippen molar-refractivity contribution in [2.45, 2.75) is 0 Å². The first kappa shape index (κ1) is 8.34. The Morgan fingerprint density at radius 2 is 2.27 bits per heavy atom. The van der Waals surface area contributed by atoms with Gasteiger partial charge in [-0.1, -0.05) is 40.2 Å². The molecule has 0 aliphatic carbocycles. The molecule has 0 aromatic heterocycles. The highest BCUT2D eigenvalue weighted by Crippen LogP contribution is 2.07. The van der Waals surface area contributed by atoms with Crippen molar-refractivity contribution >= 4 is 27.7 Å². The summed E-state index contributed by atoms with van der Waals surface area (Å²) in [6.07, 6.45) is 4.07. The fourth-order valence-electron chi connectivity index (χ4n) is 0.843. The minimum atomic E-state index is 0.807. The molecule has 0 bridgehead atoms. The maximum absolute atomic E-state index is 5.58. The van der Waals surface area contributed by atoms with E-state index in [1.54, 1.807) is 0 Å². The van der Waals surface area contributed by atoms with E-state index in [0.29, 0.717) is 0 Å². The molecule has 0 unspecified atom stereocenters. The van der Waals surface area contributed by atoms with Gasteiger partial charge in [-0.2, -0.15) is 0 Å². The number of hydrogen-bond acceptors (Lipinski definition) is 1. The van der Waals surface area contributed by atoms with E-state index in [1.807, 2.05) is 36.4 Å². The lowest BCUT2D eigenvalue weighted by Crippen LogP contribution is -1.83. The van der Waals surface area contributed by atoms with Gasteiger partial charge in [-0.05, 0) is 17.7 Å². The lowest BCUT2D eigenvalue weighted by Gasteiger charge is -1.93. The first-order chi connectivity index (χ1) is 5.33. The highest BCUT2D eigenvalue weighted by Gasteiger charge is 1.85. The summed E-state index contributed by atoms with van der Waals surface area (Å²) in [4.78, 5) is 0. The molecule has 0 heterocycles. The Balaban J connectivity index is 2.79. The lowest BCUT2D eigenvalue weighted by molar-refractivity contribution is 1.64. The maximum Gasteiger partial charge on any atom is 0.0319 e. The van der Waals surface area contributed by atoms with E-state index < -0.39 is 0 Å². The largest absolute Gasteiger partial charge is 0.399 e. The minimum absolute atomic E-state index is 0.807. The van der Waals surface area contributed by atoms with Crippen LogP contribution in [0, 0.1) is 0 Å². The number of rotatable bonds is 2. The van der Waals surface area contributed by atoms with Gasteiger partial charge in [0, 0.05) is 11.0 Å². The van der Waals surface area contributed by atoms with Gasteiger partial charge in [-0.3, -0.25) is 0 Å². The van der Waals surface area contributed by atoms with Crippen LogP contribution in [-0.2, 0) is 0 Å². The van der Waals surface area contributed by atoms with E-state index in [9.17, 15) is 0 Å². The molecule has 1 aromatic carbocycles. The molecule has 2 heteroatoms. The highest BCUT2D eigenvalue weighted by atomic mass is 79.9. The van der Waals surface area contributed by atoms with Crippen LogP contribution < -0.4 is 5.73 Å². The van der Waals surface area contributed by atoms with Crippen molar-refractivity contribution in [1.29, 1.82) is 0 Å². The fourth-order valence-corrected chi connectivity index (χ4v) is 1.03. The van der Waals surface area contributed by atoms with Crippen LogP contribution in [0.25, 0.3) is 6.08 Å². The Morgan fingerprint density at radius 1 is 1.45 bits per heavy atom. The van der Waals surface area contributed by atoms with Crippen LogP contribution in [0.15, 0.2) is 30.3 Å². The third-order valence-corrected chi connectivity index (χ3v) is 1.68. The van der Waals surface area contributed by atoms with E-state index in [4.69, 9.17) is 5.73 Å². The summed E-state index contributed by atoms with van der Waals surface area (Å²) >= 11 is 3.31. The van der Waals surface area contributed by atoms with Gasteiger partial charge in [0.25, 0.3) is 0 Å². The molecule has 1 rings (SSSR count). The first-order valence-corrected chi connectivity index (χ1v) is 4.53. The zero-order valence-electron chi connectivity index (χ0n) is 6.13. The van der Waals surface area contributed by atoms with Gasteiger partial charge in [-0.15, -0.1) is 0 Å². The Hall–Kier alpha value is -0.760. The highest BCUT2D eigenvalue weighted by molar-refractivity contribution is 9.09. The van der Waals surface area contributed by atoms with Crippen LogP contribution in [0.3, 0.4) is 0 Å². The van der Waals surface area contributed by atoms with E-state index >= 15 is 0 Å². The molecule has 1 nitrogen and oxygen atoms in total. The van der Waals surface area contributed by atoms with Gasteiger partial charge >= 0.3 is 0 Å². The topological polar surface area (TPSA) is 26.0 Å². The molecule has 0 saturated heterocycles. The van der Waals surface area contributed by atoms with Crippen molar-refractivity contribution in [2.75, 3.05) is 11.1 Å². The summed E-state index contributed by atoms with van der Waals surface area (Å²) in [5.41, 5.74) is 7.53. The van der Waals surface area contributed by atoms with Crippen LogP contribution in [-0.4, -0.2) is 5.33 Å². The van der Waals surface area contributed by atoms with Gasteiger partial charge in [0.05, 0.1) is 0 Å². The summed E-state index contributed by atoms with van der Waals surface area (Å²) in [6.45, 7) is 0. The molecule has 0 aliphatic heterocycles. The van der Waals surface area contributed by atoms with Gasteiger partial charge in [0.2, 0.25) is 0 Å². The molecule has 0 amide bonds. The molecular weight excluding hydrogens is 202 g/mol. The number of benzene rings is 1. The standard InChI is InChI=1S/C9H10BrN/c10-6-2-4-8-3-1-5-9(11)7-8/h1-5,7H,6,11H2. The van der Waals surface area contributed by atoms with E-state index in [-0.39, 0.29) is 0 Å². The van der Waals surface area contributed by atoms with Crippen molar-refractivity contribution in [2.24, 2.45) is 0 Å². The van der Waals surface area contributed by atoms with Crippen LogP contribution >= 0.6 is 15.9 Å². The number of alkyl halides is 1. The average molecular weight is 212 g/mol. The van der Waals surface area contributed by atoms with Crippen molar-refractivity contribution in [3.05, 3.63) is 35.9 Å². The zero-order valence-corrected chi connectivity index (χ0v) is 7.71. The SMILES string of the molecule is Nc1cccc(C=CCBr)c1. The predicted molar refractivity (Wildman–Crippen MR) is 53.7 cm³/mol. The first-order valence-electron chi connectivity index (χ1n) is 3.41. The number of nitrogen functional groups attached to an aromatic ring is 1. The normalized spacial score (nSPS) is 10.6. The van der Waals surface area contributed by atoms with Crippen molar-refractivity contribution < 1.29 is 0 Å². The molecule has 0 saturated carbocycles. The summed E-state index contributed by atoms with van der Waals surface area (Å²) in [6, 6.07) is 7.80. The predicted octanol–water partition coefficient (Wildman–Crippen LogP) is 2.68. The molecule has 0 radical (unpaired) electrons. The molecule has 0 fully saturated rings. The van der Waals surface area contributed by atoms with Crippen LogP contribution in [0.5, 0.6) is 0 Å². The van der Waals surface area contributed by atoms with Gasteiger partial charge in [0.1, 0.15) is 0 Å². The summed E-state index contributed by atoms with van der Waals surface area (Å²) < 4.78 is 0. The molecule has 0 atom stereocenters. The third kappa shape index (κ3) is 2.76. The van der Waals surface area contributed by atoms with Crippen LogP contribution in [0.2, 0.25) is 0 Å². The smallest absolute Gasteiger partial charge is 0.0319 e. The van der Waals surface area contributed by atoms with E-state index in [2.05, 4.69) is 15.9 Å². The van der Waals surface area contributed by atoms with Crippen molar-refractivity contribution in [3.8, 4) is 0 Å². The molecule has 58 valence electrons. The van der Waals surface area contributed by atoms with E-state index in [1.165, 1.54) is 0 Å². The minimum Gasteiger partial charge on any atom is -0.399 e. The number of halogens is 1. The van der Waals surface area contributed by atoms with E-state index in [0.717, 1.165) is 16.6 Å². The summed E-state index contributed by atoms with van der Waals surface area (Å²) in [7, 11) is 0. The second-order valence-corrected chi connectivity index (χ2v) is 2.87. The number of hydrogen-bond donors (Lipinski definition) is 1. The fraction of sp³-hybridized carbons (Fsp3) is 0.111.